The van der Waals surface area contributed by atoms with Gasteiger partial charge in [-0.15, -0.1) is 0 Å². The van der Waals surface area contributed by atoms with Crippen LogP contribution in [0.1, 0.15) is 11.1 Å². The van der Waals surface area contributed by atoms with Gasteiger partial charge in [-0.05, 0) is 35.4 Å². The van der Waals surface area contributed by atoms with Gasteiger partial charge in [-0.1, -0.05) is 46.3 Å². The third-order valence-corrected chi connectivity index (χ3v) is 4.32. The second kappa shape index (κ2) is 9.20. The van der Waals surface area contributed by atoms with Gasteiger partial charge in [0.25, 0.3) is 0 Å². The Bertz CT molecular complexity index is 797. The molecule has 0 bridgehead atoms. The largest absolute Gasteiger partial charge is 0.465 e. The number of para-hydroxylation sites is 1. The Morgan fingerprint density at radius 3 is 2.15 bits per heavy atom. The topological polar surface area (TPSA) is 55.8 Å². The molecular formula is C20H20BrNO4. The van der Waals surface area contributed by atoms with E-state index in [0.717, 1.165) is 21.3 Å². The summed E-state index contributed by atoms with van der Waals surface area (Å²) in [6, 6.07) is 15.6. The molecule has 0 radical (unpaired) electrons. The van der Waals surface area contributed by atoms with Gasteiger partial charge < -0.3 is 14.4 Å². The Kier molecular flexibility index (Phi) is 6.97. The van der Waals surface area contributed by atoms with Crippen LogP contribution in [0.4, 0.5) is 5.69 Å². The van der Waals surface area contributed by atoms with Gasteiger partial charge in [0.2, 0.25) is 0 Å². The monoisotopic (exact) mass is 417 g/mol. The fourth-order valence-electron chi connectivity index (χ4n) is 2.48. The lowest BCUT2D eigenvalue weighted by atomic mass is 10.1. The number of benzene rings is 2. The van der Waals surface area contributed by atoms with Gasteiger partial charge >= 0.3 is 11.9 Å². The molecule has 2 rings (SSSR count). The van der Waals surface area contributed by atoms with Gasteiger partial charge in [-0.2, -0.15) is 0 Å². The Morgan fingerprint density at radius 2 is 1.58 bits per heavy atom. The van der Waals surface area contributed by atoms with E-state index in [1.54, 1.807) is 0 Å². The molecule has 0 unspecified atom stereocenters. The molecule has 26 heavy (non-hydrogen) atoms. The maximum Gasteiger partial charge on any atom is 0.345 e. The van der Waals surface area contributed by atoms with E-state index in [2.05, 4.69) is 25.4 Å². The normalized spacial score (nSPS) is 10.0. The van der Waals surface area contributed by atoms with Crippen molar-refractivity contribution < 1.29 is 19.1 Å². The molecule has 0 heterocycles. The molecule has 0 saturated carbocycles. The van der Waals surface area contributed by atoms with Crippen LogP contribution in [0.2, 0.25) is 0 Å². The smallest absolute Gasteiger partial charge is 0.345 e. The van der Waals surface area contributed by atoms with Crippen molar-refractivity contribution in [1.82, 2.24) is 0 Å². The summed E-state index contributed by atoms with van der Waals surface area (Å²) in [5.41, 5.74) is 2.58. The maximum absolute atomic E-state index is 11.9. The third-order valence-electron chi connectivity index (χ3n) is 3.79. The lowest BCUT2D eigenvalue weighted by Crippen LogP contribution is -2.18. The molecule has 0 aliphatic heterocycles. The zero-order chi connectivity index (χ0) is 19.1. The second-order valence-corrected chi connectivity index (χ2v) is 6.50. The van der Waals surface area contributed by atoms with Crippen LogP contribution >= 0.6 is 15.9 Å². The molecule has 0 amide bonds. The summed E-state index contributed by atoms with van der Waals surface area (Å²) in [4.78, 5) is 25.9. The molecule has 0 spiro atoms. The second-order valence-electron chi connectivity index (χ2n) is 5.58. The van der Waals surface area contributed by atoms with Gasteiger partial charge in [0.15, 0.2) is 0 Å². The molecule has 0 aromatic heterocycles. The van der Waals surface area contributed by atoms with Crippen molar-refractivity contribution in [1.29, 1.82) is 0 Å². The Hall–Kier alpha value is -2.60. The van der Waals surface area contributed by atoms with Crippen molar-refractivity contribution in [3.63, 3.8) is 0 Å². The van der Waals surface area contributed by atoms with Crippen LogP contribution in [0, 0.1) is 0 Å². The van der Waals surface area contributed by atoms with Crippen LogP contribution in [-0.2, 0) is 25.6 Å². The van der Waals surface area contributed by atoms with E-state index in [4.69, 9.17) is 0 Å². The molecular weight excluding hydrogens is 398 g/mol. The van der Waals surface area contributed by atoms with Crippen LogP contribution in [0.3, 0.4) is 0 Å². The number of ether oxygens (including phenoxy) is 2. The lowest BCUT2D eigenvalue weighted by Gasteiger charge is -2.22. The van der Waals surface area contributed by atoms with Crippen molar-refractivity contribution in [3.05, 3.63) is 69.7 Å². The fourth-order valence-corrected chi connectivity index (χ4v) is 2.75. The number of nitrogens with zero attached hydrogens (tertiary/aromatic N) is 1. The summed E-state index contributed by atoms with van der Waals surface area (Å²) in [6.07, 6.45) is 1.49. The number of esters is 2. The first-order valence-electron chi connectivity index (χ1n) is 7.89. The van der Waals surface area contributed by atoms with Crippen molar-refractivity contribution in [2.24, 2.45) is 0 Å². The highest BCUT2D eigenvalue weighted by Crippen LogP contribution is 2.24. The quantitative estimate of drug-likeness (QED) is 0.309. The molecule has 6 heteroatoms. The first-order chi connectivity index (χ1) is 12.5. The lowest BCUT2D eigenvalue weighted by molar-refractivity contribution is -0.143. The third kappa shape index (κ3) is 4.95. The highest BCUT2D eigenvalue weighted by molar-refractivity contribution is 9.10. The molecule has 0 saturated heterocycles. The van der Waals surface area contributed by atoms with E-state index in [9.17, 15) is 9.59 Å². The predicted octanol–water partition coefficient (Wildman–Crippen LogP) is 3.81. The van der Waals surface area contributed by atoms with Crippen molar-refractivity contribution in [2.75, 3.05) is 26.2 Å². The number of anilines is 1. The minimum absolute atomic E-state index is 0.153. The Balaban J connectivity index is 2.36. The minimum atomic E-state index is -0.734. The van der Waals surface area contributed by atoms with Gasteiger partial charge in [-0.3, -0.25) is 0 Å². The van der Waals surface area contributed by atoms with E-state index < -0.39 is 11.9 Å². The summed E-state index contributed by atoms with van der Waals surface area (Å²) in [5.74, 6) is -1.47. The van der Waals surface area contributed by atoms with E-state index >= 15 is 0 Å². The summed E-state index contributed by atoms with van der Waals surface area (Å²) in [6.45, 7) is 0.671. The molecule has 5 nitrogen and oxygen atoms in total. The molecule has 0 atom stereocenters. The maximum atomic E-state index is 11.9. The zero-order valence-electron chi connectivity index (χ0n) is 14.9. The van der Waals surface area contributed by atoms with Gasteiger partial charge in [0.1, 0.15) is 5.57 Å². The highest BCUT2D eigenvalue weighted by atomic mass is 79.9. The number of hydrogen-bond donors (Lipinski definition) is 0. The molecule has 2 aromatic rings. The number of halogens is 1. The molecule has 0 aliphatic carbocycles. The van der Waals surface area contributed by atoms with Gasteiger partial charge in [-0.25, -0.2) is 9.59 Å². The summed E-state index contributed by atoms with van der Waals surface area (Å²) in [5, 5.41) is 0. The van der Waals surface area contributed by atoms with Crippen molar-refractivity contribution in [3.8, 4) is 0 Å². The van der Waals surface area contributed by atoms with Crippen molar-refractivity contribution in [2.45, 2.75) is 6.54 Å². The van der Waals surface area contributed by atoms with Crippen LogP contribution in [0.15, 0.2) is 58.6 Å². The first-order valence-corrected chi connectivity index (χ1v) is 8.68. The molecule has 2 aromatic carbocycles. The zero-order valence-corrected chi connectivity index (χ0v) is 16.4. The predicted molar refractivity (Wildman–Crippen MR) is 105 cm³/mol. The highest BCUT2D eigenvalue weighted by Gasteiger charge is 2.20. The van der Waals surface area contributed by atoms with Crippen molar-refractivity contribution >= 4 is 39.6 Å². The minimum Gasteiger partial charge on any atom is -0.465 e. The van der Waals surface area contributed by atoms with Crippen LogP contribution < -0.4 is 4.90 Å². The summed E-state index contributed by atoms with van der Waals surface area (Å²) >= 11 is 3.43. The average molecular weight is 418 g/mol. The molecule has 136 valence electrons. The van der Waals surface area contributed by atoms with E-state index in [1.807, 2.05) is 60.5 Å². The SMILES string of the molecule is COC(=O)C(=Cc1ccccc1N(C)Cc1ccc(Br)cc1)C(=O)OC. The summed E-state index contributed by atoms with van der Waals surface area (Å²) < 4.78 is 10.4. The molecule has 0 N–H and O–H groups in total. The van der Waals surface area contributed by atoms with E-state index in [1.165, 1.54) is 20.3 Å². The van der Waals surface area contributed by atoms with Gasteiger partial charge in [0.05, 0.1) is 14.2 Å². The Morgan fingerprint density at radius 1 is 1.00 bits per heavy atom. The van der Waals surface area contributed by atoms with Crippen LogP contribution in [0.25, 0.3) is 6.08 Å². The number of methoxy groups -OCH3 is 2. The number of hydrogen-bond acceptors (Lipinski definition) is 5. The van der Waals surface area contributed by atoms with Gasteiger partial charge in [0, 0.05) is 23.8 Å². The van der Waals surface area contributed by atoms with Crippen LogP contribution in [-0.4, -0.2) is 33.2 Å². The van der Waals surface area contributed by atoms with Crippen LogP contribution in [0.5, 0.6) is 0 Å². The Labute approximate surface area is 161 Å². The first kappa shape index (κ1) is 19.7. The molecule has 0 fully saturated rings. The standard InChI is InChI=1S/C20H20BrNO4/c1-22(13-14-8-10-16(21)11-9-14)18-7-5-4-6-15(18)12-17(19(23)25-2)20(24)26-3/h4-12H,13H2,1-3H3. The van der Waals surface area contributed by atoms with E-state index in [-0.39, 0.29) is 5.57 Å². The molecule has 0 aliphatic rings. The fraction of sp³-hybridized carbons (Fsp3) is 0.200. The summed E-state index contributed by atoms with van der Waals surface area (Å²) in [7, 11) is 4.40. The average Bonchev–Trinajstić information content (AvgIpc) is 2.67. The number of rotatable bonds is 6. The number of carbonyl (C=O) groups excluding carboxylic acids is 2. The number of carbonyl (C=O) groups is 2. The van der Waals surface area contributed by atoms with E-state index in [0.29, 0.717) is 6.54 Å².